The van der Waals surface area contributed by atoms with Gasteiger partial charge in [-0.15, -0.1) is 0 Å². The third-order valence-corrected chi connectivity index (χ3v) is 2.89. The van der Waals surface area contributed by atoms with Gasteiger partial charge in [0.1, 0.15) is 12.4 Å². The van der Waals surface area contributed by atoms with Crippen LogP contribution in [0.4, 0.5) is 5.69 Å². The largest absolute Gasteiger partial charge is 0.491 e. The third kappa shape index (κ3) is 4.96. The van der Waals surface area contributed by atoms with Crippen molar-refractivity contribution in [1.82, 2.24) is 4.98 Å². The van der Waals surface area contributed by atoms with Crippen LogP contribution in [0.15, 0.2) is 42.6 Å². The molecule has 1 heterocycles. The van der Waals surface area contributed by atoms with Crippen LogP contribution in [0, 0.1) is 0 Å². The Morgan fingerprint density at radius 1 is 1.10 bits per heavy atom. The lowest BCUT2D eigenvalue weighted by molar-refractivity contribution is 0.146. The molecule has 0 aliphatic rings. The number of rotatable bonds is 8. The Kier molecular flexibility index (Phi) is 5.84. The van der Waals surface area contributed by atoms with Crippen molar-refractivity contribution < 1.29 is 14.2 Å². The molecule has 112 valence electrons. The number of ether oxygens (including phenoxy) is 3. The standard InChI is InChI=1S/C16H20N2O3/c1-19-8-9-21-15-5-3-4-14(10-15)17-11-13-6-7-16(20-2)18-12-13/h3-7,10,12,17H,8-9,11H2,1-2H3. The fraction of sp³-hybridized carbons (Fsp3) is 0.312. The van der Waals surface area contributed by atoms with Crippen LogP contribution in [-0.4, -0.2) is 32.4 Å². The number of nitrogens with one attached hydrogen (secondary N) is 1. The number of aromatic nitrogens is 1. The van der Waals surface area contributed by atoms with Crippen LogP contribution in [0.25, 0.3) is 0 Å². The Bertz CT molecular complexity index is 543. The molecule has 0 amide bonds. The summed E-state index contributed by atoms with van der Waals surface area (Å²) in [5.41, 5.74) is 2.09. The summed E-state index contributed by atoms with van der Waals surface area (Å²) >= 11 is 0. The van der Waals surface area contributed by atoms with Crippen molar-refractivity contribution in [3.05, 3.63) is 48.2 Å². The first-order valence-electron chi connectivity index (χ1n) is 6.76. The molecule has 5 nitrogen and oxygen atoms in total. The lowest BCUT2D eigenvalue weighted by Gasteiger charge is -2.10. The monoisotopic (exact) mass is 288 g/mol. The fourth-order valence-electron chi connectivity index (χ4n) is 1.78. The summed E-state index contributed by atoms with van der Waals surface area (Å²) in [7, 11) is 3.26. The Morgan fingerprint density at radius 2 is 2.00 bits per heavy atom. The van der Waals surface area contributed by atoms with Crippen molar-refractivity contribution in [1.29, 1.82) is 0 Å². The average Bonchev–Trinajstić information content (AvgIpc) is 2.54. The van der Waals surface area contributed by atoms with Gasteiger partial charge >= 0.3 is 0 Å². The van der Waals surface area contributed by atoms with E-state index in [0.717, 1.165) is 17.0 Å². The summed E-state index contributed by atoms with van der Waals surface area (Å²) in [6, 6.07) is 11.7. The summed E-state index contributed by atoms with van der Waals surface area (Å²) in [4.78, 5) is 4.18. The number of hydrogen-bond acceptors (Lipinski definition) is 5. The zero-order valence-electron chi connectivity index (χ0n) is 12.3. The highest BCUT2D eigenvalue weighted by atomic mass is 16.5. The summed E-state index contributed by atoms with van der Waals surface area (Å²) in [6.45, 7) is 1.82. The van der Waals surface area contributed by atoms with E-state index in [1.54, 1.807) is 20.4 Å². The summed E-state index contributed by atoms with van der Waals surface area (Å²) < 4.78 is 15.6. The van der Waals surface area contributed by atoms with Crippen molar-refractivity contribution in [3.63, 3.8) is 0 Å². The van der Waals surface area contributed by atoms with Crippen molar-refractivity contribution in [2.75, 3.05) is 32.8 Å². The van der Waals surface area contributed by atoms with Crippen molar-refractivity contribution in [3.8, 4) is 11.6 Å². The second-order valence-electron chi connectivity index (χ2n) is 4.43. The van der Waals surface area contributed by atoms with E-state index in [9.17, 15) is 0 Å². The number of pyridine rings is 1. The highest BCUT2D eigenvalue weighted by molar-refractivity contribution is 5.48. The van der Waals surface area contributed by atoms with Crippen LogP contribution < -0.4 is 14.8 Å². The Hall–Kier alpha value is -2.27. The van der Waals surface area contributed by atoms with Crippen LogP contribution in [-0.2, 0) is 11.3 Å². The maximum atomic E-state index is 5.58. The normalized spacial score (nSPS) is 10.2. The molecule has 0 saturated carbocycles. The molecule has 0 atom stereocenters. The molecule has 21 heavy (non-hydrogen) atoms. The number of hydrogen-bond donors (Lipinski definition) is 1. The van der Waals surface area contributed by atoms with Gasteiger partial charge in [-0.3, -0.25) is 0 Å². The molecule has 0 unspecified atom stereocenters. The van der Waals surface area contributed by atoms with Crippen LogP contribution >= 0.6 is 0 Å². The van der Waals surface area contributed by atoms with E-state index in [2.05, 4.69) is 10.3 Å². The van der Waals surface area contributed by atoms with Gasteiger partial charge in [0.25, 0.3) is 0 Å². The first-order valence-corrected chi connectivity index (χ1v) is 6.76. The molecule has 0 radical (unpaired) electrons. The second kappa shape index (κ2) is 8.11. The van der Waals surface area contributed by atoms with Gasteiger partial charge in [-0.1, -0.05) is 12.1 Å². The Morgan fingerprint density at radius 3 is 2.71 bits per heavy atom. The van der Waals surface area contributed by atoms with Crippen LogP contribution in [0.5, 0.6) is 11.6 Å². The summed E-state index contributed by atoms with van der Waals surface area (Å²) in [5.74, 6) is 1.44. The molecule has 0 spiro atoms. The molecule has 0 bridgehead atoms. The number of benzene rings is 1. The van der Waals surface area contributed by atoms with Gasteiger partial charge < -0.3 is 19.5 Å². The van der Waals surface area contributed by atoms with Gasteiger partial charge in [0.15, 0.2) is 0 Å². The molecule has 0 fully saturated rings. The zero-order valence-corrected chi connectivity index (χ0v) is 12.3. The lowest BCUT2D eigenvalue weighted by atomic mass is 10.2. The van der Waals surface area contributed by atoms with E-state index in [0.29, 0.717) is 25.6 Å². The van der Waals surface area contributed by atoms with Gasteiger partial charge in [0.2, 0.25) is 5.88 Å². The fourth-order valence-corrected chi connectivity index (χ4v) is 1.78. The Labute approximate surface area is 124 Å². The summed E-state index contributed by atoms with van der Waals surface area (Å²) in [5, 5.41) is 3.34. The van der Waals surface area contributed by atoms with Crippen LogP contribution in [0.2, 0.25) is 0 Å². The molecule has 0 saturated heterocycles. The van der Waals surface area contributed by atoms with Gasteiger partial charge in [0, 0.05) is 37.7 Å². The van der Waals surface area contributed by atoms with Crippen molar-refractivity contribution in [2.24, 2.45) is 0 Å². The molecule has 1 aromatic heterocycles. The molecular formula is C16H20N2O3. The van der Waals surface area contributed by atoms with Gasteiger partial charge in [-0.25, -0.2) is 4.98 Å². The maximum absolute atomic E-state index is 5.58. The topological polar surface area (TPSA) is 52.6 Å². The smallest absolute Gasteiger partial charge is 0.212 e. The molecule has 1 N–H and O–H groups in total. The van der Waals surface area contributed by atoms with Crippen molar-refractivity contribution >= 4 is 5.69 Å². The van der Waals surface area contributed by atoms with Crippen molar-refractivity contribution in [2.45, 2.75) is 6.54 Å². The predicted octanol–water partition coefficient (Wildman–Crippen LogP) is 2.73. The molecule has 0 aliphatic carbocycles. The van der Waals surface area contributed by atoms with E-state index in [-0.39, 0.29) is 0 Å². The van der Waals surface area contributed by atoms with E-state index in [1.165, 1.54) is 0 Å². The molecular weight excluding hydrogens is 268 g/mol. The Balaban J connectivity index is 1.88. The van der Waals surface area contributed by atoms with Gasteiger partial charge in [-0.2, -0.15) is 0 Å². The predicted molar refractivity (Wildman–Crippen MR) is 81.9 cm³/mol. The third-order valence-electron chi connectivity index (χ3n) is 2.89. The first-order chi connectivity index (χ1) is 10.3. The second-order valence-corrected chi connectivity index (χ2v) is 4.43. The highest BCUT2D eigenvalue weighted by Crippen LogP contribution is 2.18. The highest BCUT2D eigenvalue weighted by Gasteiger charge is 1.99. The molecule has 1 aromatic carbocycles. The molecule has 0 aliphatic heterocycles. The van der Waals surface area contributed by atoms with Gasteiger partial charge in [-0.05, 0) is 17.7 Å². The first kappa shape index (κ1) is 15.1. The number of nitrogens with zero attached hydrogens (tertiary/aromatic N) is 1. The minimum Gasteiger partial charge on any atom is -0.491 e. The van der Waals surface area contributed by atoms with Gasteiger partial charge in [0.05, 0.1) is 13.7 Å². The SMILES string of the molecule is COCCOc1cccc(NCc2ccc(OC)nc2)c1. The van der Waals surface area contributed by atoms with E-state index < -0.39 is 0 Å². The lowest BCUT2D eigenvalue weighted by Crippen LogP contribution is -2.05. The minimum atomic E-state index is 0.544. The molecule has 5 heteroatoms. The number of methoxy groups -OCH3 is 2. The number of anilines is 1. The van der Waals surface area contributed by atoms with E-state index >= 15 is 0 Å². The molecule has 2 rings (SSSR count). The minimum absolute atomic E-state index is 0.544. The van der Waals surface area contributed by atoms with Crippen LogP contribution in [0.3, 0.4) is 0 Å². The van der Waals surface area contributed by atoms with Crippen LogP contribution in [0.1, 0.15) is 5.56 Å². The zero-order chi connectivity index (χ0) is 14.9. The van der Waals surface area contributed by atoms with E-state index in [1.807, 2.05) is 36.4 Å². The summed E-state index contributed by atoms with van der Waals surface area (Å²) in [6.07, 6.45) is 1.80. The maximum Gasteiger partial charge on any atom is 0.212 e. The molecule has 2 aromatic rings. The quantitative estimate of drug-likeness (QED) is 0.757. The van der Waals surface area contributed by atoms with E-state index in [4.69, 9.17) is 14.2 Å². The average molecular weight is 288 g/mol.